The molecule has 5 heteroatoms. The van der Waals surface area contributed by atoms with Crippen LogP contribution in [0.25, 0.3) is 0 Å². The normalized spacial score (nSPS) is 36.9. The lowest BCUT2D eigenvalue weighted by atomic mass is 9.96. The molecule has 0 N–H and O–H groups in total. The summed E-state index contributed by atoms with van der Waals surface area (Å²) in [5, 5.41) is 0. The Morgan fingerprint density at radius 3 is 2.79 bits per heavy atom. The van der Waals surface area contributed by atoms with E-state index < -0.39 is 0 Å². The fourth-order valence-corrected chi connectivity index (χ4v) is 3.21. The van der Waals surface area contributed by atoms with Crippen LogP contribution in [-0.2, 0) is 18.9 Å². The van der Waals surface area contributed by atoms with E-state index in [4.69, 9.17) is 18.9 Å². The van der Waals surface area contributed by atoms with E-state index in [0.29, 0.717) is 0 Å². The van der Waals surface area contributed by atoms with Crippen LogP contribution in [0.2, 0.25) is 0 Å². The van der Waals surface area contributed by atoms with Crippen LogP contribution in [0.3, 0.4) is 0 Å². The minimum atomic E-state index is 0.0190. The molecule has 0 aromatic carbocycles. The summed E-state index contributed by atoms with van der Waals surface area (Å²) >= 11 is 0. The summed E-state index contributed by atoms with van der Waals surface area (Å²) < 4.78 is 22.7. The van der Waals surface area contributed by atoms with E-state index in [2.05, 4.69) is 4.90 Å². The van der Waals surface area contributed by atoms with Crippen LogP contribution in [0.4, 0.5) is 0 Å². The summed E-state index contributed by atoms with van der Waals surface area (Å²) in [5.74, 6) is 0. The van der Waals surface area contributed by atoms with Gasteiger partial charge < -0.3 is 18.9 Å². The monoisotopic (exact) mass is 271 g/mol. The first kappa shape index (κ1) is 13.8. The lowest BCUT2D eigenvalue weighted by Crippen LogP contribution is -2.58. The van der Waals surface area contributed by atoms with Crippen LogP contribution < -0.4 is 0 Å². The number of hydrogen-bond acceptors (Lipinski definition) is 5. The summed E-state index contributed by atoms with van der Waals surface area (Å²) in [6, 6.07) is 0. The smallest absolute Gasteiger partial charge is 0.157 e. The van der Waals surface area contributed by atoms with Gasteiger partial charge in [-0.15, -0.1) is 0 Å². The molecule has 0 bridgehead atoms. The van der Waals surface area contributed by atoms with Crippen molar-refractivity contribution in [3.8, 4) is 0 Å². The second kappa shape index (κ2) is 6.50. The van der Waals surface area contributed by atoms with Crippen molar-refractivity contribution in [1.29, 1.82) is 0 Å². The van der Waals surface area contributed by atoms with Gasteiger partial charge in [-0.3, -0.25) is 4.90 Å². The van der Waals surface area contributed by atoms with Crippen molar-refractivity contribution in [2.75, 3.05) is 52.7 Å². The molecular formula is C14H25NO4. The first-order valence-corrected chi connectivity index (χ1v) is 7.53. The third kappa shape index (κ3) is 3.28. The standard InChI is InChI=1S/C14H25NO4/c1-2-7-18-13(3-1)19-10-6-15-5-9-17-12-14(15)4-8-16-11-14/h13H,1-12H2/t13-,14+/m0/s1. The summed E-state index contributed by atoms with van der Waals surface area (Å²) in [6.07, 6.45) is 4.53. The van der Waals surface area contributed by atoms with Gasteiger partial charge in [0.2, 0.25) is 0 Å². The Morgan fingerprint density at radius 2 is 2.00 bits per heavy atom. The van der Waals surface area contributed by atoms with Gasteiger partial charge in [-0.2, -0.15) is 0 Å². The van der Waals surface area contributed by atoms with E-state index in [1.165, 1.54) is 12.8 Å². The molecule has 3 fully saturated rings. The lowest BCUT2D eigenvalue weighted by molar-refractivity contribution is -0.170. The minimum absolute atomic E-state index is 0.0190. The molecule has 0 saturated carbocycles. The summed E-state index contributed by atoms with van der Waals surface area (Å²) in [7, 11) is 0. The predicted molar refractivity (Wildman–Crippen MR) is 70.1 cm³/mol. The topological polar surface area (TPSA) is 40.2 Å². The molecule has 3 rings (SSSR count). The van der Waals surface area contributed by atoms with Crippen LogP contribution in [-0.4, -0.2) is 69.5 Å². The molecule has 5 nitrogen and oxygen atoms in total. The van der Waals surface area contributed by atoms with Crippen molar-refractivity contribution >= 4 is 0 Å². The van der Waals surface area contributed by atoms with Crippen molar-refractivity contribution in [1.82, 2.24) is 4.90 Å². The van der Waals surface area contributed by atoms with Crippen molar-refractivity contribution < 1.29 is 18.9 Å². The zero-order chi connectivity index (χ0) is 13.0. The Morgan fingerprint density at radius 1 is 1.11 bits per heavy atom. The third-order valence-electron chi connectivity index (χ3n) is 4.43. The van der Waals surface area contributed by atoms with Crippen LogP contribution in [0.15, 0.2) is 0 Å². The number of hydrogen-bond donors (Lipinski definition) is 0. The zero-order valence-electron chi connectivity index (χ0n) is 11.6. The van der Waals surface area contributed by atoms with Crippen LogP contribution in [0.5, 0.6) is 0 Å². The van der Waals surface area contributed by atoms with E-state index in [0.717, 1.165) is 65.6 Å². The summed E-state index contributed by atoms with van der Waals surface area (Å²) in [6.45, 7) is 6.80. The van der Waals surface area contributed by atoms with Crippen LogP contribution in [0, 0.1) is 0 Å². The van der Waals surface area contributed by atoms with Crippen molar-refractivity contribution in [2.45, 2.75) is 37.5 Å². The Hall–Kier alpha value is -0.200. The molecule has 0 aromatic heterocycles. The van der Waals surface area contributed by atoms with Gasteiger partial charge in [0.1, 0.15) is 0 Å². The molecule has 19 heavy (non-hydrogen) atoms. The molecular weight excluding hydrogens is 246 g/mol. The zero-order valence-corrected chi connectivity index (χ0v) is 11.6. The molecule has 0 amide bonds. The highest BCUT2D eigenvalue weighted by molar-refractivity contribution is 4.96. The van der Waals surface area contributed by atoms with Gasteiger partial charge in [0.15, 0.2) is 6.29 Å². The average molecular weight is 271 g/mol. The first-order chi connectivity index (χ1) is 9.39. The molecule has 0 unspecified atom stereocenters. The van der Waals surface area contributed by atoms with E-state index in [-0.39, 0.29) is 11.8 Å². The number of rotatable bonds is 4. The number of morpholine rings is 1. The molecule has 3 saturated heterocycles. The lowest BCUT2D eigenvalue weighted by Gasteiger charge is -2.43. The summed E-state index contributed by atoms with van der Waals surface area (Å²) in [5.41, 5.74) is 0.106. The van der Waals surface area contributed by atoms with Crippen molar-refractivity contribution in [3.05, 3.63) is 0 Å². The van der Waals surface area contributed by atoms with Crippen LogP contribution in [0.1, 0.15) is 25.7 Å². The van der Waals surface area contributed by atoms with Crippen LogP contribution >= 0.6 is 0 Å². The molecule has 110 valence electrons. The highest BCUT2D eigenvalue weighted by atomic mass is 16.7. The fraction of sp³-hybridized carbons (Fsp3) is 1.00. The maximum Gasteiger partial charge on any atom is 0.157 e. The largest absolute Gasteiger partial charge is 0.379 e. The fourth-order valence-electron chi connectivity index (χ4n) is 3.21. The molecule has 1 spiro atoms. The highest BCUT2D eigenvalue weighted by Crippen LogP contribution is 2.29. The molecule has 3 aliphatic heterocycles. The van der Waals surface area contributed by atoms with Gasteiger partial charge >= 0.3 is 0 Å². The molecule has 3 heterocycles. The maximum absolute atomic E-state index is 5.84. The van der Waals surface area contributed by atoms with E-state index in [1.54, 1.807) is 0 Å². The molecule has 0 radical (unpaired) electrons. The summed E-state index contributed by atoms with van der Waals surface area (Å²) in [4.78, 5) is 2.49. The maximum atomic E-state index is 5.84. The molecule has 2 atom stereocenters. The minimum Gasteiger partial charge on any atom is -0.379 e. The van der Waals surface area contributed by atoms with Gasteiger partial charge in [-0.05, 0) is 25.7 Å². The third-order valence-corrected chi connectivity index (χ3v) is 4.43. The van der Waals surface area contributed by atoms with Gasteiger partial charge in [0, 0.05) is 26.3 Å². The van der Waals surface area contributed by atoms with E-state index in [9.17, 15) is 0 Å². The van der Waals surface area contributed by atoms with Crippen molar-refractivity contribution in [3.63, 3.8) is 0 Å². The SMILES string of the molecule is C1CC[C@H](OCCN2CCOC[C@]23CCOC3)OC1. The van der Waals surface area contributed by atoms with Gasteiger partial charge in [-0.1, -0.05) is 0 Å². The highest BCUT2D eigenvalue weighted by Gasteiger charge is 2.42. The Bertz CT molecular complexity index is 275. The Balaban J connectivity index is 1.45. The van der Waals surface area contributed by atoms with Crippen molar-refractivity contribution in [2.24, 2.45) is 0 Å². The quantitative estimate of drug-likeness (QED) is 0.763. The van der Waals surface area contributed by atoms with Gasteiger partial charge in [0.05, 0.1) is 32.0 Å². The van der Waals surface area contributed by atoms with Gasteiger partial charge in [0.25, 0.3) is 0 Å². The number of ether oxygens (including phenoxy) is 4. The Kier molecular flexibility index (Phi) is 4.71. The average Bonchev–Trinajstić information content (AvgIpc) is 2.92. The second-order valence-electron chi connectivity index (χ2n) is 5.73. The predicted octanol–water partition coefficient (Wildman–Crippen LogP) is 1.02. The molecule has 0 aliphatic carbocycles. The van der Waals surface area contributed by atoms with E-state index in [1.807, 2.05) is 0 Å². The molecule has 0 aromatic rings. The number of nitrogens with zero attached hydrogens (tertiary/aromatic N) is 1. The van der Waals surface area contributed by atoms with Gasteiger partial charge in [-0.25, -0.2) is 0 Å². The Labute approximate surface area is 115 Å². The molecule has 3 aliphatic rings. The second-order valence-corrected chi connectivity index (χ2v) is 5.73. The van der Waals surface area contributed by atoms with E-state index >= 15 is 0 Å². The first-order valence-electron chi connectivity index (χ1n) is 7.53.